The Hall–Kier alpha value is -0.870. The summed E-state index contributed by atoms with van der Waals surface area (Å²) in [7, 11) is 0. The summed E-state index contributed by atoms with van der Waals surface area (Å²) in [6.45, 7) is 0. The molecule has 0 unspecified atom stereocenters. The summed E-state index contributed by atoms with van der Waals surface area (Å²) in [5, 5.41) is 3.83. The number of aromatic nitrogens is 2. The highest BCUT2D eigenvalue weighted by Gasteiger charge is 2.31. The van der Waals surface area contributed by atoms with E-state index in [4.69, 9.17) is 28.9 Å². The number of nitrogen functional groups attached to an aromatic ring is 1. The first-order chi connectivity index (χ1) is 9.19. The van der Waals surface area contributed by atoms with Crippen molar-refractivity contribution >= 4 is 51.6 Å². The van der Waals surface area contributed by atoms with Crippen LogP contribution in [0, 0.1) is 3.57 Å². The van der Waals surface area contributed by atoms with E-state index in [0.717, 1.165) is 12.1 Å². The summed E-state index contributed by atoms with van der Waals surface area (Å²) in [4.78, 5) is 0. The minimum atomic E-state index is -4.83. The van der Waals surface area contributed by atoms with Gasteiger partial charge in [-0.3, -0.25) is 0 Å². The minimum Gasteiger partial charge on any atom is -0.406 e. The van der Waals surface area contributed by atoms with Gasteiger partial charge in [-0.05, 0) is 22.6 Å². The molecule has 0 aliphatic rings. The highest BCUT2D eigenvalue weighted by Crippen LogP contribution is 2.36. The van der Waals surface area contributed by atoms with Crippen LogP contribution in [-0.4, -0.2) is 16.1 Å². The Morgan fingerprint density at radius 2 is 1.80 bits per heavy atom. The summed E-state index contributed by atoms with van der Waals surface area (Å²) in [6.07, 6.45) is -3.35. The topological polar surface area (TPSA) is 53.1 Å². The van der Waals surface area contributed by atoms with Gasteiger partial charge in [0.2, 0.25) is 0 Å². The van der Waals surface area contributed by atoms with E-state index in [-0.39, 0.29) is 21.6 Å². The maximum atomic E-state index is 12.1. The van der Waals surface area contributed by atoms with Crippen molar-refractivity contribution in [1.29, 1.82) is 0 Å². The fraction of sp³-hybridized carbons (Fsp3) is 0.100. The summed E-state index contributed by atoms with van der Waals surface area (Å²) in [5.41, 5.74) is 5.96. The van der Waals surface area contributed by atoms with Crippen LogP contribution in [0.4, 0.5) is 19.0 Å². The molecular weight excluding hydrogens is 433 g/mol. The summed E-state index contributed by atoms with van der Waals surface area (Å²) in [5.74, 6) is -0.240. The smallest absolute Gasteiger partial charge is 0.406 e. The first kappa shape index (κ1) is 15.5. The molecule has 0 radical (unpaired) electrons. The van der Waals surface area contributed by atoms with Gasteiger partial charge in [0, 0.05) is 12.1 Å². The third kappa shape index (κ3) is 3.23. The molecule has 108 valence electrons. The van der Waals surface area contributed by atoms with E-state index in [2.05, 4.69) is 9.84 Å². The van der Waals surface area contributed by atoms with Crippen molar-refractivity contribution < 1.29 is 17.9 Å². The zero-order chi connectivity index (χ0) is 15.1. The van der Waals surface area contributed by atoms with Crippen LogP contribution in [0.2, 0.25) is 10.0 Å². The maximum absolute atomic E-state index is 12.1. The number of hydrogen-bond acceptors (Lipinski definition) is 3. The standard InChI is InChI=1S/C10H5Cl2F3IN3O/c11-5-1-4(20-10(13,14)15)2-6(12)8(5)19-9(17)7(16)3-18-19/h1-3H,17H2. The second-order valence-electron chi connectivity index (χ2n) is 3.57. The van der Waals surface area contributed by atoms with E-state index < -0.39 is 12.1 Å². The molecule has 0 spiro atoms. The van der Waals surface area contributed by atoms with Crippen molar-refractivity contribution in [3.63, 3.8) is 0 Å². The van der Waals surface area contributed by atoms with Gasteiger partial charge < -0.3 is 10.5 Å². The summed E-state index contributed by atoms with van der Waals surface area (Å²) >= 11 is 13.8. The Bertz CT molecular complexity index is 637. The third-order valence-electron chi connectivity index (χ3n) is 2.20. The zero-order valence-electron chi connectivity index (χ0n) is 9.38. The van der Waals surface area contributed by atoms with Crippen LogP contribution in [0.25, 0.3) is 5.69 Å². The molecule has 0 aliphatic carbocycles. The van der Waals surface area contributed by atoms with E-state index in [1.54, 1.807) is 0 Å². The van der Waals surface area contributed by atoms with E-state index in [0.29, 0.717) is 3.57 Å². The maximum Gasteiger partial charge on any atom is 0.573 e. The van der Waals surface area contributed by atoms with Crippen LogP contribution in [0.1, 0.15) is 0 Å². The lowest BCUT2D eigenvalue weighted by Crippen LogP contribution is -2.17. The molecule has 0 aliphatic heterocycles. The molecule has 0 atom stereocenters. The van der Waals surface area contributed by atoms with Crippen molar-refractivity contribution in [3.05, 3.63) is 31.9 Å². The van der Waals surface area contributed by atoms with Crippen molar-refractivity contribution in [2.24, 2.45) is 0 Å². The van der Waals surface area contributed by atoms with Gasteiger partial charge in [0.05, 0.1) is 19.8 Å². The quantitative estimate of drug-likeness (QED) is 0.714. The van der Waals surface area contributed by atoms with Crippen LogP contribution in [0.3, 0.4) is 0 Å². The molecule has 1 heterocycles. The van der Waals surface area contributed by atoms with Crippen LogP contribution >= 0.6 is 45.8 Å². The first-order valence-corrected chi connectivity index (χ1v) is 6.76. The summed E-state index contributed by atoms with van der Waals surface area (Å²) < 4.78 is 42.1. The predicted molar refractivity (Wildman–Crippen MR) is 77.4 cm³/mol. The number of benzene rings is 1. The molecular formula is C10H5Cl2F3IN3O. The van der Waals surface area contributed by atoms with Crippen molar-refractivity contribution in [2.45, 2.75) is 6.36 Å². The lowest BCUT2D eigenvalue weighted by Gasteiger charge is -2.13. The number of anilines is 1. The monoisotopic (exact) mass is 437 g/mol. The normalized spacial score (nSPS) is 11.7. The number of alkyl halides is 3. The van der Waals surface area contributed by atoms with Crippen molar-refractivity contribution in [1.82, 2.24) is 9.78 Å². The lowest BCUT2D eigenvalue weighted by atomic mass is 10.3. The lowest BCUT2D eigenvalue weighted by molar-refractivity contribution is -0.274. The van der Waals surface area contributed by atoms with E-state index in [9.17, 15) is 13.2 Å². The van der Waals surface area contributed by atoms with Crippen molar-refractivity contribution in [2.75, 3.05) is 5.73 Å². The van der Waals surface area contributed by atoms with Crippen LogP contribution in [-0.2, 0) is 0 Å². The van der Waals surface area contributed by atoms with Crippen LogP contribution in [0.15, 0.2) is 18.3 Å². The average Bonchev–Trinajstić information content (AvgIpc) is 2.58. The van der Waals surface area contributed by atoms with E-state index in [1.807, 2.05) is 22.6 Å². The second-order valence-corrected chi connectivity index (χ2v) is 5.55. The fourth-order valence-electron chi connectivity index (χ4n) is 1.45. The van der Waals surface area contributed by atoms with Gasteiger partial charge in [-0.1, -0.05) is 23.2 Å². The second kappa shape index (κ2) is 5.49. The highest BCUT2D eigenvalue weighted by atomic mass is 127. The molecule has 0 saturated heterocycles. The van der Waals surface area contributed by atoms with Gasteiger partial charge >= 0.3 is 6.36 Å². The van der Waals surface area contributed by atoms with Gasteiger partial charge in [-0.2, -0.15) is 5.10 Å². The molecule has 0 saturated carbocycles. The van der Waals surface area contributed by atoms with Gasteiger partial charge in [0.15, 0.2) is 0 Å². The van der Waals surface area contributed by atoms with Gasteiger partial charge in [0.1, 0.15) is 17.3 Å². The number of halogens is 6. The highest BCUT2D eigenvalue weighted by molar-refractivity contribution is 14.1. The zero-order valence-corrected chi connectivity index (χ0v) is 13.0. The molecule has 2 aromatic rings. The van der Waals surface area contributed by atoms with E-state index in [1.165, 1.54) is 10.9 Å². The van der Waals surface area contributed by atoms with Gasteiger partial charge in [-0.25, -0.2) is 4.68 Å². The largest absolute Gasteiger partial charge is 0.573 e. The molecule has 0 fully saturated rings. The number of ether oxygens (including phenoxy) is 1. The van der Waals surface area contributed by atoms with Gasteiger partial charge in [-0.15, -0.1) is 13.2 Å². The molecule has 0 amide bonds. The average molecular weight is 438 g/mol. The Morgan fingerprint density at radius 3 is 2.20 bits per heavy atom. The Morgan fingerprint density at radius 1 is 1.25 bits per heavy atom. The number of rotatable bonds is 2. The molecule has 1 aromatic heterocycles. The first-order valence-electron chi connectivity index (χ1n) is 4.93. The molecule has 10 heteroatoms. The third-order valence-corrected chi connectivity index (χ3v) is 3.60. The molecule has 2 N–H and O–H groups in total. The number of nitrogens with two attached hydrogens (primary N) is 1. The molecule has 20 heavy (non-hydrogen) atoms. The fourth-order valence-corrected chi connectivity index (χ4v) is 2.43. The summed E-state index contributed by atoms with van der Waals surface area (Å²) in [6, 6.07) is 1.98. The number of hydrogen-bond donors (Lipinski definition) is 1. The minimum absolute atomic E-state index is 0.0667. The van der Waals surface area contributed by atoms with Gasteiger partial charge in [0.25, 0.3) is 0 Å². The number of nitrogens with zero attached hydrogens (tertiary/aromatic N) is 2. The Labute approximate surface area is 134 Å². The molecule has 4 nitrogen and oxygen atoms in total. The Balaban J connectivity index is 2.49. The van der Waals surface area contributed by atoms with E-state index >= 15 is 0 Å². The Kier molecular flexibility index (Phi) is 4.26. The predicted octanol–water partition coefficient (Wildman–Crippen LogP) is 4.26. The molecule has 0 bridgehead atoms. The molecule has 2 rings (SSSR count). The van der Waals surface area contributed by atoms with Crippen LogP contribution in [0.5, 0.6) is 5.75 Å². The van der Waals surface area contributed by atoms with Crippen molar-refractivity contribution in [3.8, 4) is 11.4 Å². The molecule has 1 aromatic carbocycles. The van der Waals surface area contributed by atoms with Crippen LogP contribution < -0.4 is 10.5 Å². The SMILES string of the molecule is Nc1c(I)cnn1-c1c(Cl)cc(OC(F)(F)F)cc1Cl.